The van der Waals surface area contributed by atoms with E-state index in [2.05, 4.69) is 4.72 Å². The van der Waals surface area contributed by atoms with Gasteiger partial charge in [-0.1, -0.05) is 13.3 Å². The first-order chi connectivity index (χ1) is 9.27. The van der Waals surface area contributed by atoms with Gasteiger partial charge in [0.05, 0.1) is 17.7 Å². The molecule has 0 bridgehead atoms. The highest BCUT2D eigenvalue weighted by Crippen LogP contribution is 2.39. The third kappa shape index (κ3) is 2.88. The molecule has 0 heterocycles. The Kier molecular flexibility index (Phi) is 3.93. The van der Waals surface area contributed by atoms with Crippen LogP contribution in [0.15, 0.2) is 17.0 Å². The zero-order chi connectivity index (χ0) is 15.0. The summed E-state index contributed by atoms with van der Waals surface area (Å²) in [5.74, 6) is -0.933. The number of sulfonamides is 1. The number of halogens is 1. The monoisotopic (exact) mass is 302 g/mol. The highest BCUT2D eigenvalue weighted by Gasteiger charge is 2.33. The lowest BCUT2D eigenvalue weighted by molar-refractivity contribution is 0.166. The molecule has 1 aliphatic rings. The molecule has 20 heavy (non-hydrogen) atoms. The van der Waals surface area contributed by atoms with Gasteiger partial charge in [-0.05, 0) is 30.4 Å². The molecule has 1 aromatic carbocycles. The maximum atomic E-state index is 13.7. The van der Waals surface area contributed by atoms with E-state index in [1.54, 1.807) is 0 Å². The molecule has 1 aromatic rings. The smallest absolute Gasteiger partial charge is 0.240 e. The van der Waals surface area contributed by atoms with Crippen molar-refractivity contribution in [2.45, 2.75) is 31.1 Å². The number of nitrogens with one attached hydrogen (secondary N) is 1. The van der Waals surface area contributed by atoms with Crippen molar-refractivity contribution in [2.24, 2.45) is 5.41 Å². The Balaban J connectivity index is 2.21. The van der Waals surface area contributed by atoms with Gasteiger partial charge in [0, 0.05) is 6.54 Å². The number of benzene rings is 1. The van der Waals surface area contributed by atoms with Crippen LogP contribution < -0.4 is 15.2 Å². The highest BCUT2D eigenvalue weighted by molar-refractivity contribution is 7.89. The standard InChI is InChI=1S/C13H19FN2O3S/c1-13(4-3-5-13)8-16-20(17,18)9-6-10(14)12(19-2)11(15)7-9/h6-7,16H,3-5,8,15H2,1-2H3. The second-order valence-electron chi connectivity index (χ2n) is 5.52. The van der Waals surface area contributed by atoms with E-state index in [0.29, 0.717) is 6.54 Å². The van der Waals surface area contributed by atoms with E-state index < -0.39 is 15.8 Å². The Morgan fingerprint density at radius 3 is 2.55 bits per heavy atom. The molecule has 0 amide bonds. The first-order valence-corrected chi connectivity index (χ1v) is 7.88. The molecule has 7 heteroatoms. The lowest BCUT2D eigenvalue weighted by atomic mass is 9.71. The van der Waals surface area contributed by atoms with Crippen LogP contribution in [0.5, 0.6) is 5.75 Å². The molecule has 112 valence electrons. The molecule has 0 saturated heterocycles. The quantitative estimate of drug-likeness (QED) is 0.814. The van der Waals surface area contributed by atoms with Crippen LogP contribution in [-0.4, -0.2) is 22.1 Å². The molecular weight excluding hydrogens is 283 g/mol. The molecule has 3 N–H and O–H groups in total. The van der Waals surface area contributed by atoms with Gasteiger partial charge in [-0.15, -0.1) is 0 Å². The normalized spacial score (nSPS) is 17.6. The number of anilines is 1. The van der Waals surface area contributed by atoms with Crippen LogP contribution >= 0.6 is 0 Å². The van der Waals surface area contributed by atoms with E-state index in [1.807, 2.05) is 6.92 Å². The van der Waals surface area contributed by atoms with Crippen molar-refractivity contribution in [2.75, 3.05) is 19.4 Å². The van der Waals surface area contributed by atoms with Crippen molar-refractivity contribution >= 4 is 15.7 Å². The molecule has 1 fully saturated rings. The summed E-state index contributed by atoms with van der Waals surface area (Å²) in [6.07, 6.45) is 3.10. The second-order valence-corrected chi connectivity index (χ2v) is 7.28. The van der Waals surface area contributed by atoms with E-state index in [0.717, 1.165) is 25.3 Å². The van der Waals surface area contributed by atoms with Gasteiger partial charge in [0.25, 0.3) is 0 Å². The molecule has 0 atom stereocenters. The maximum absolute atomic E-state index is 13.7. The number of nitrogen functional groups attached to an aromatic ring is 1. The number of rotatable bonds is 5. The number of ether oxygens (including phenoxy) is 1. The SMILES string of the molecule is COc1c(N)cc(S(=O)(=O)NCC2(C)CCC2)cc1F. The van der Waals surface area contributed by atoms with Crippen molar-refractivity contribution in [3.05, 3.63) is 17.9 Å². The predicted octanol–water partition coefficient (Wildman–Crippen LogP) is 1.88. The van der Waals surface area contributed by atoms with Crippen LogP contribution in [-0.2, 0) is 10.0 Å². The lowest BCUT2D eigenvalue weighted by Crippen LogP contribution is -2.39. The number of hydrogen-bond acceptors (Lipinski definition) is 4. The Hall–Kier alpha value is -1.34. The molecule has 2 rings (SSSR count). The fraction of sp³-hybridized carbons (Fsp3) is 0.538. The molecule has 0 aromatic heterocycles. The first-order valence-electron chi connectivity index (χ1n) is 6.40. The number of nitrogens with two attached hydrogens (primary N) is 1. The second kappa shape index (κ2) is 5.21. The van der Waals surface area contributed by atoms with E-state index >= 15 is 0 Å². The summed E-state index contributed by atoms with van der Waals surface area (Å²) in [6, 6.07) is 2.12. The predicted molar refractivity (Wildman–Crippen MR) is 74.5 cm³/mol. The molecular formula is C13H19FN2O3S. The fourth-order valence-corrected chi connectivity index (χ4v) is 3.51. The van der Waals surface area contributed by atoms with Gasteiger partial charge in [-0.25, -0.2) is 17.5 Å². The maximum Gasteiger partial charge on any atom is 0.240 e. The Morgan fingerprint density at radius 1 is 1.45 bits per heavy atom. The molecule has 1 aliphatic carbocycles. The summed E-state index contributed by atoms with van der Waals surface area (Å²) in [7, 11) is -2.49. The van der Waals surface area contributed by atoms with Crippen LogP contribution in [0, 0.1) is 11.2 Å². The Labute approximate surface area is 118 Å². The van der Waals surface area contributed by atoms with Gasteiger partial charge in [0.2, 0.25) is 10.0 Å². The number of hydrogen-bond donors (Lipinski definition) is 2. The van der Waals surface area contributed by atoms with Crippen LogP contribution in [0.25, 0.3) is 0 Å². The Morgan fingerprint density at radius 2 is 2.10 bits per heavy atom. The van der Waals surface area contributed by atoms with Crippen molar-refractivity contribution in [3.8, 4) is 5.75 Å². The van der Waals surface area contributed by atoms with Gasteiger partial charge in [-0.3, -0.25) is 0 Å². The van der Waals surface area contributed by atoms with E-state index in [9.17, 15) is 12.8 Å². The van der Waals surface area contributed by atoms with Crippen molar-refractivity contribution in [1.29, 1.82) is 0 Å². The van der Waals surface area contributed by atoms with Crippen LogP contribution in [0.3, 0.4) is 0 Å². The minimum atomic E-state index is -3.77. The number of methoxy groups -OCH3 is 1. The van der Waals surface area contributed by atoms with Crippen molar-refractivity contribution < 1.29 is 17.5 Å². The van der Waals surface area contributed by atoms with E-state index in [1.165, 1.54) is 13.2 Å². The van der Waals surface area contributed by atoms with Gasteiger partial charge >= 0.3 is 0 Å². The lowest BCUT2D eigenvalue weighted by Gasteiger charge is -2.38. The molecule has 0 unspecified atom stereocenters. The summed E-state index contributed by atoms with van der Waals surface area (Å²) < 4.78 is 45.3. The van der Waals surface area contributed by atoms with E-state index in [-0.39, 0.29) is 21.7 Å². The molecule has 0 radical (unpaired) electrons. The van der Waals surface area contributed by atoms with Crippen LogP contribution in [0.1, 0.15) is 26.2 Å². The average Bonchev–Trinajstić information content (AvgIpc) is 2.34. The summed E-state index contributed by atoms with van der Waals surface area (Å²) in [6.45, 7) is 2.38. The van der Waals surface area contributed by atoms with Crippen molar-refractivity contribution in [1.82, 2.24) is 4.72 Å². The van der Waals surface area contributed by atoms with Gasteiger partial charge in [0.1, 0.15) is 0 Å². The van der Waals surface area contributed by atoms with Crippen molar-refractivity contribution in [3.63, 3.8) is 0 Å². The Bertz CT molecular complexity index is 589. The summed E-state index contributed by atoms with van der Waals surface area (Å²) in [5.41, 5.74) is 5.56. The average molecular weight is 302 g/mol. The zero-order valence-electron chi connectivity index (χ0n) is 11.6. The van der Waals surface area contributed by atoms with Crippen LogP contribution in [0.4, 0.5) is 10.1 Å². The van der Waals surface area contributed by atoms with Gasteiger partial charge in [-0.2, -0.15) is 0 Å². The molecule has 1 saturated carbocycles. The topological polar surface area (TPSA) is 81.4 Å². The molecule has 0 spiro atoms. The van der Waals surface area contributed by atoms with Crippen LogP contribution in [0.2, 0.25) is 0 Å². The summed E-state index contributed by atoms with van der Waals surface area (Å²) in [4.78, 5) is -0.184. The third-order valence-corrected chi connectivity index (χ3v) is 5.19. The minimum absolute atomic E-state index is 0.00360. The zero-order valence-corrected chi connectivity index (χ0v) is 12.4. The molecule has 0 aliphatic heterocycles. The minimum Gasteiger partial charge on any atom is -0.492 e. The van der Waals surface area contributed by atoms with E-state index in [4.69, 9.17) is 10.5 Å². The highest BCUT2D eigenvalue weighted by atomic mass is 32.2. The largest absolute Gasteiger partial charge is 0.492 e. The summed E-state index contributed by atoms with van der Waals surface area (Å²) in [5, 5.41) is 0. The first kappa shape index (κ1) is 15.1. The van der Waals surface area contributed by atoms with Gasteiger partial charge < -0.3 is 10.5 Å². The third-order valence-electron chi connectivity index (χ3n) is 3.81. The molecule has 5 nitrogen and oxygen atoms in total. The van der Waals surface area contributed by atoms with Gasteiger partial charge in [0.15, 0.2) is 11.6 Å². The summed E-state index contributed by atoms with van der Waals surface area (Å²) >= 11 is 0. The fourth-order valence-electron chi connectivity index (χ4n) is 2.27.